The van der Waals surface area contributed by atoms with Crippen molar-refractivity contribution in [1.82, 2.24) is 15.5 Å². The first-order chi connectivity index (χ1) is 9.97. The fourth-order valence-electron chi connectivity index (χ4n) is 1.72. The Labute approximate surface area is 117 Å². The molecule has 0 aliphatic carbocycles. The van der Waals surface area contributed by atoms with Gasteiger partial charge >= 0.3 is 12.3 Å². The molecule has 0 aromatic carbocycles. The molecule has 1 atom stereocenters. The Kier molecular flexibility index (Phi) is 5.48. The molecule has 1 saturated heterocycles. The van der Waals surface area contributed by atoms with Crippen LogP contribution in [0.3, 0.4) is 0 Å². The Balaban J connectivity index is 1.75. The Morgan fingerprint density at radius 1 is 1.43 bits per heavy atom. The number of rotatable bonds is 7. The van der Waals surface area contributed by atoms with E-state index in [1.54, 1.807) is 0 Å². The minimum atomic E-state index is -4.19. The van der Waals surface area contributed by atoms with Crippen LogP contribution in [0.2, 0.25) is 0 Å². The summed E-state index contributed by atoms with van der Waals surface area (Å²) in [7, 11) is 0. The van der Waals surface area contributed by atoms with E-state index < -0.39 is 25.6 Å². The predicted molar refractivity (Wildman–Crippen MR) is 61.2 cm³/mol. The number of ether oxygens (including phenoxy) is 2. The van der Waals surface area contributed by atoms with Gasteiger partial charge in [-0.05, 0) is 0 Å². The maximum atomic E-state index is 12.6. The zero-order chi connectivity index (χ0) is 15.3. The highest BCUT2D eigenvalue weighted by atomic mass is 19.3. The summed E-state index contributed by atoms with van der Waals surface area (Å²) < 4.78 is 63.9. The molecule has 120 valence electrons. The maximum absolute atomic E-state index is 12.6. The third-order valence-electron chi connectivity index (χ3n) is 2.76. The number of halogens is 4. The van der Waals surface area contributed by atoms with E-state index in [0.717, 1.165) is 6.54 Å². The molecule has 1 aromatic rings. The van der Waals surface area contributed by atoms with E-state index in [1.807, 2.05) is 0 Å². The van der Waals surface area contributed by atoms with Crippen molar-refractivity contribution in [3.8, 4) is 0 Å². The van der Waals surface area contributed by atoms with Crippen molar-refractivity contribution >= 4 is 0 Å². The molecule has 0 bridgehead atoms. The third-order valence-corrected chi connectivity index (χ3v) is 2.76. The van der Waals surface area contributed by atoms with Crippen LogP contribution >= 0.6 is 0 Å². The molecule has 1 N–H and O–H groups in total. The Morgan fingerprint density at radius 2 is 2.24 bits per heavy atom. The molecule has 2 heterocycles. The Morgan fingerprint density at radius 3 is 2.90 bits per heavy atom. The molecule has 0 amide bonds. The summed E-state index contributed by atoms with van der Waals surface area (Å²) in [4.78, 5) is 3.93. The van der Waals surface area contributed by atoms with Crippen LogP contribution in [0.4, 0.5) is 17.6 Å². The minimum Gasteiger partial charge on any atom is -0.375 e. The minimum absolute atomic E-state index is 0.0267. The van der Waals surface area contributed by atoms with Crippen molar-refractivity contribution in [2.45, 2.75) is 31.5 Å². The summed E-state index contributed by atoms with van der Waals surface area (Å²) in [6.45, 7) is 0.184. The van der Waals surface area contributed by atoms with Crippen molar-refractivity contribution < 1.29 is 31.6 Å². The zero-order valence-electron chi connectivity index (χ0n) is 11.0. The van der Waals surface area contributed by atoms with Gasteiger partial charge in [0.15, 0.2) is 5.82 Å². The monoisotopic (exact) mass is 313 g/mol. The second-order valence-electron chi connectivity index (χ2n) is 4.56. The molecule has 1 unspecified atom stereocenters. The Hall–Kier alpha value is -1.26. The molecule has 0 spiro atoms. The van der Waals surface area contributed by atoms with E-state index in [9.17, 15) is 17.6 Å². The number of aromatic nitrogens is 2. The van der Waals surface area contributed by atoms with Gasteiger partial charge < -0.3 is 19.3 Å². The lowest BCUT2D eigenvalue weighted by Gasteiger charge is -2.21. The fourth-order valence-corrected chi connectivity index (χ4v) is 1.72. The number of nitrogens with zero attached hydrogens (tertiary/aromatic N) is 2. The zero-order valence-corrected chi connectivity index (χ0v) is 11.0. The lowest BCUT2D eigenvalue weighted by molar-refractivity contribution is -0.168. The highest BCUT2D eigenvalue weighted by molar-refractivity contribution is 4.88. The largest absolute Gasteiger partial charge is 0.375 e. The molecule has 1 fully saturated rings. The van der Waals surface area contributed by atoms with E-state index in [4.69, 9.17) is 9.26 Å². The number of hydrogen-bond donors (Lipinski definition) is 1. The van der Waals surface area contributed by atoms with Gasteiger partial charge in [-0.1, -0.05) is 5.16 Å². The van der Waals surface area contributed by atoms with Crippen molar-refractivity contribution in [3.05, 3.63) is 11.7 Å². The molecule has 21 heavy (non-hydrogen) atoms. The predicted octanol–water partition coefficient (Wildman–Crippen LogP) is 1.02. The molecular weight excluding hydrogens is 298 g/mol. The molecule has 1 aromatic heterocycles. The highest BCUT2D eigenvalue weighted by Crippen LogP contribution is 2.23. The first-order valence-corrected chi connectivity index (χ1v) is 6.35. The molecule has 2 rings (SSSR count). The van der Waals surface area contributed by atoms with Crippen LogP contribution in [0, 0.1) is 0 Å². The summed E-state index contributed by atoms with van der Waals surface area (Å²) in [5.74, 6) is -3.88. The van der Waals surface area contributed by atoms with Crippen LogP contribution in [0.1, 0.15) is 11.7 Å². The molecule has 0 saturated carbocycles. The number of nitrogens with one attached hydrogen (secondary N) is 1. The van der Waals surface area contributed by atoms with Crippen LogP contribution in [-0.4, -0.2) is 54.9 Å². The Bertz CT molecular complexity index is 438. The molecule has 1 aliphatic heterocycles. The van der Waals surface area contributed by atoms with Gasteiger partial charge in [0.25, 0.3) is 0 Å². The van der Waals surface area contributed by atoms with E-state index >= 15 is 0 Å². The summed E-state index contributed by atoms with van der Waals surface area (Å²) in [5.41, 5.74) is 0. The fraction of sp³-hybridized carbons (Fsp3) is 0.818. The lowest BCUT2D eigenvalue weighted by Crippen LogP contribution is -2.39. The van der Waals surface area contributed by atoms with Crippen LogP contribution < -0.4 is 5.32 Å². The number of hydrogen-bond acceptors (Lipinski definition) is 6. The topological polar surface area (TPSA) is 69.4 Å². The SMILES string of the molecule is FC(F)C(F)(F)COCc1noc(CC2CNCCO2)n1. The van der Waals surface area contributed by atoms with E-state index in [-0.39, 0.29) is 17.8 Å². The third kappa shape index (κ3) is 4.90. The van der Waals surface area contributed by atoms with Gasteiger partial charge in [0, 0.05) is 13.1 Å². The van der Waals surface area contributed by atoms with Crippen LogP contribution in [0.25, 0.3) is 0 Å². The molecule has 1 aliphatic rings. The molecule has 0 radical (unpaired) electrons. The van der Waals surface area contributed by atoms with Gasteiger partial charge in [0.2, 0.25) is 5.89 Å². The van der Waals surface area contributed by atoms with Gasteiger partial charge in [-0.3, -0.25) is 0 Å². The first kappa shape index (κ1) is 16.1. The average molecular weight is 313 g/mol. The van der Waals surface area contributed by atoms with E-state index in [0.29, 0.717) is 19.6 Å². The van der Waals surface area contributed by atoms with Crippen molar-refractivity contribution in [2.75, 3.05) is 26.3 Å². The first-order valence-electron chi connectivity index (χ1n) is 6.35. The van der Waals surface area contributed by atoms with Gasteiger partial charge in [-0.15, -0.1) is 0 Å². The molecular formula is C11H15F4N3O3. The maximum Gasteiger partial charge on any atom is 0.330 e. The number of morpholine rings is 1. The molecule has 10 heteroatoms. The lowest BCUT2D eigenvalue weighted by atomic mass is 10.2. The quantitative estimate of drug-likeness (QED) is 0.758. The van der Waals surface area contributed by atoms with Gasteiger partial charge in [-0.2, -0.15) is 13.8 Å². The van der Waals surface area contributed by atoms with E-state index in [1.165, 1.54) is 0 Å². The smallest absolute Gasteiger partial charge is 0.330 e. The number of alkyl halides is 4. The summed E-state index contributed by atoms with van der Waals surface area (Å²) >= 11 is 0. The summed E-state index contributed by atoms with van der Waals surface area (Å²) in [6, 6.07) is 0. The van der Waals surface area contributed by atoms with Gasteiger partial charge in [0.05, 0.1) is 19.1 Å². The van der Waals surface area contributed by atoms with Crippen molar-refractivity contribution in [1.29, 1.82) is 0 Å². The van der Waals surface area contributed by atoms with Crippen molar-refractivity contribution in [2.24, 2.45) is 0 Å². The van der Waals surface area contributed by atoms with Gasteiger partial charge in [-0.25, -0.2) is 8.78 Å². The van der Waals surface area contributed by atoms with Crippen LogP contribution in [0.15, 0.2) is 4.52 Å². The van der Waals surface area contributed by atoms with Crippen LogP contribution in [0.5, 0.6) is 0 Å². The van der Waals surface area contributed by atoms with Crippen molar-refractivity contribution in [3.63, 3.8) is 0 Å². The second-order valence-corrected chi connectivity index (χ2v) is 4.56. The highest BCUT2D eigenvalue weighted by Gasteiger charge is 2.41. The molecule has 6 nitrogen and oxygen atoms in total. The van der Waals surface area contributed by atoms with Gasteiger partial charge in [0.1, 0.15) is 13.2 Å². The summed E-state index contributed by atoms with van der Waals surface area (Å²) in [6.07, 6.45) is -3.49. The average Bonchev–Trinajstić information content (AvgIpc) is 2.87. The standard InChI is InChI=1S/C11H15F4N3O3/c12-10(13)11(14,15)6-19-5-8-17-9(21-18-8)3-7-4-16-1-2-20-7/h7,10,16H,1-6H2. The van der Waals surface area contributed by atoms with E-state index in [2.05, 4.69) is 20.2 Å². The summed E-state index contributed by atoms with van der Waals surface area (Å²) in [5, 5.41) is 6.66. The second kappa shape index (κ2) is 7.14. The van der Waals surface area contributed by atoms with Crippen LogP contribution in [-0.2, 0) is 22.5 Å². The normalized spacial score (nSPS) is 20.1.